The Bertz CT molecular complexity index is 826. The molecule has 9 heteroatoms. The number of pyridine rings is 1. The third kappa shape index (κ3) is 4.84. The maximum absolute atomic E-state index is 12.6. The van der Waals surface area contributed by atoms with E-state index in [1.54, 1.807) is 38.1 Å². The summed E-state index contributed by atoms with van der Waals surface area (Å²) in [6.45, 7) is 0. The van der Waals surface area contributed by atoms with Crippen LogP contribution in [0, 0.1) is 0 Å². The number of aromatic nitrogens is 1. The number of hydrogen-bond acceptors (Lipinski definition) is 7. The molecule has 1 aliphatic rings. The van der Waals surface area contributed by atoms with Gasteiger partial charge in [-0.2, -0.15) is 0 Å². The second-order valence-corrected chi connectivity index (χ2v) is 7.94. The first kappa shape index (κ1) is 21.0. The van der Waals surface area contributed by atoms with E-state index in [4.69, 9.17) is 37.4 Å². The Labute approximate surface area is 177 Å². The number of esters is 1. The molecule has 2 heterocycles. The zero-order valence-corrected chi connectivity index (χ0v) is 17.7. The molecule has 150 valence electrons. The summed E-state index contributed by atoms with van der Waals surface area (Å²) < 4.78 is 16.5. The third-order valence-corrected chi connectivity index (χ3v) is 5.97. The highest BCUT2D eigenvalue weighted by Crippen LogP contribution is 2.35. The van der Waals surface area contributed by atoms with E-state index >= 15 is 0 Å². The maximum atomic E-state index is 12.6. The number of methoxy groups -OCH3 is 2. The number of benzene rings is 1. The molecule has 2 atom stereocenters. The summed E-state index contributed by atoms with van der Waals surface area (Å²) in [6, 6.07) is 5.06. The first-order chi connectivity index (χ1) is 13.5. The molecule has 1 fully saturated rings. The Hall–Kier alpha value is -1.67. The minimum absolute atomic E-state index is 0.307. The number of carbonyl (C=O) groups is 1. The topological polar surface area (TPSA) is 69.7 Å². The first-order valence-electron chi connectivity index (χ1n) is 8.55. The van der Waals surface area contributed by atoms with Crippen LogP contribution in [0.25, 0.3) is 0 Å². The molecule has 28 heavy (non-hydrogen) atoms. The molecule has 1 saturated heterocycles. The van der Waals surface area contributed by atoms with Gasteiger partial charge in [0.2, 0.25) is 0 Å². The van der Waals surface area contributed by atoms with Crippen molar-refractivity contribution < 1.29 is 19.0 Å². The van der Waals surface area contributed by atoms with Gasteiger partial charge in [0, 0.05) is 30.4 Å². The average molecular weight is 443 g/mol. The molecule has 0 saturated carbocycles. The lowest BCUT2D eigenvalue weighted by molar-refractivity contribution is -0.151. The summed E-state index contributed by atoms with van der Waals surface area (Å²) in [6.07, 6.45) is 2.75. The molecule has 0 radical (unpaired) electrons. The summed E-state index contributed by atoms with van der Waals surface area (Å²) in [7, 11) is 3.12. The Balaban J connectivity index is 1.92. The number of thioether (sulfide) groups is 1. The van der Waals surface area contributed by atoms with Gasteiger partial charge >= 0.3 is 5.97 Å². The van der Waals surface area contributed by atoms with Gasteiger partial charge in [0.25, 0.3) is 0 Å². The number of carbonyl (C=O) groups excluding carboxylic acids is 1. The molecular formula is C19H20Cl2N2O4S. The fraction of sp³-hybridized carbons (Fsp3) is 0.368. The smallest absolute Gasteiger partial charge is 0.324 e. The third-order valence-electron chi connectivity index (χ3n) is 4.38. The molecule has 6 nitrogen and oxygen atoms in total. The second-order valence-electron chi connectivity index (χ2n) is 6.10. The van der Waals surface area contributed by atoms with E-state index in [9.17, 15) is 4.79 Å². The van der Waals surface area contributed by atoms with E-state index in [0.717, 1.165) is 11.4 Å². The zero-order valence-electron chi connectivity index (χ0n) is 15.4. The van der Waals surface area contributed by atoms with E-state index in [0.29, 0.717) is 39.3 Å². The highest BCUT2D eigenvalue weighted by atomic mass is 35.5. The standard InChI is InChI=1S/C19H20Cl2N2O4S/c1-25-16-4-3-11(5-18(16)26-2)17(27-19(24)15-9-28-10-23-15)6-12-13(20)7-22-8-14(12)21/h3-5,7-8,15,17,23H,6,9-10H2,1-2H3/t15-,17-/m0/s1. The summed E-state index contributed by atoms with van der Waals surface area (Å²) in [5.41, 5.74) is 1.42. The Morgan fingerprint density at radius 1 is 1.25 bits per heavy atom. The fourth-order valence-corrected chi connectivity index (χ4v) is 4.31. The maximum Gasteiger partial charge on any atom is 0.324 e. The van der Waals surface area contributed by atoms with E-state index in [2.05, 4.69) is 10.3 Å². The normalized spacial score (nSPS) is 17.2. The molecule has 0 spiro atoms. The van der Waals surface area contributed by atoms with Crippen LogP contribution < -0.4 is 14.8 Å². The van der Waals surface area contributed by atoms with Crippen molar-refractivity contribution in [3.63, 3.8) is 0 Å². The van der Waals surface area contributed by atoms with Crippen molar-refractivity contribution in [2.45, 2.75) is 18.6 Å². The SMILES string of the molecule is COc1ccc([C@H](Cc2c(Cl)cncc2Cl)OC(=O)[C@@H]2CSCN2)cc1OC. The van der Waals surface area contributed by atoms with Crippen molar-refractivity contribution in [2.24, 2.45) is 0 Å². The molecule has 1 aromatic heterocycles. The van der Waals surface area contributed by atoms with Crippen LogP contribution in [-0.4, -0.2) is 42.8 Å². The second kappa shape index (κ2) is 9.69. The van der Waals surface area contributed by atoms with Gasteiger partial charge < -0.3 is 14.2 Å². The van der Waals surface area contributed by atoms with Gasteiger partial charge in [-0.25, -0.2) is 0 Å². The predicted molar refractivity (Wildman–Crippen MR) is 111 cm³/mol. The molecule has 1 N–H and O–H groups in total. The van der Waals surface area contributed by atoms with E-state index in [-0.39, 0.29) is 12.0 Å². The van der Waals surface area contributed by atoms with Crippen LogP contribution in [0.4, 0.5) is 0 Å². The zero-order chi connectivity index (χ0) is 20.1. The van der Waals surface area contributed by atoms with Gasteiger partial charge in [-0.05, 0) is 23.3 Å². The molecule has 0 aliphatic carbocycles. The molecular weight excluding hydrogens is 423 g/mol. The Kier molecular flexibility index (Phi) is 7.29. The van der Waals surface area contributed by atoms with Gasteiger partial charge in [0.1, 0.15) is 12.1 Å². The van der Waals surface area contributed by atoms with Crippen LogP contribution in [0.3, 0.4) is 0 Å². The summed E-state index contributed by atoms with van der Waals surface area (Å²) in [5.74, 6) is 2.22. The van der Waals surface area contributed by atoms with Gasteiger partial charge in [0.15, 0.2) is 11.5 Å². The number of hydrogen-bond donors (Lipinski definition) is 1. The number of nitrogens with zero attached hydrogens (tertiary/aromatic N) is 1. The largest absolute Gasteiger partial charge is 0.493 e. The number of halogens is 2. The average Bonchev–Trinajstić information content (AvgIpc) is 3.24. The van der Waals surface area contributed by atoms with Crippen LogP contribution >= 0.6 is 35.0 Å². The van der Waals surface area contributed by atoms with Gasteiger partial charge in [-0.1, -0.05) is 29.3 Å². The van der Waals surface area contributed by atoms with Crippen molar-refractivity contribution in [3.8, 4) is 11.5 Å². The number of nitrogens with one attached hydrogen (secondary N) is 1. The highest BCUT2D eigenvalue weighted by molar-refractivity contribution is 7.99. The lowest BCUT2D eigenvalue weighted by Crippen LogP contribution is -2.35. The minimum atomic E-state index is -0.600. The van der Waals surface area contributed by atoms with Crippen LogP contribution in [0.2, 0.25) is 10.0 Å². The van der Waals surface area contributed by atoms with Crippen LogP contribution in [0.15, 0.2) is 30.6 Å². The minimum Gasteiger partial charge on any atom is -0.493 e. The molecule has 1 aliphatic heterocycles. The number of ether oxygens (including phenoxy) is 3. The van der Waals surface area contributed by atoms with Crippen molar-refractivity contribution in [1.29, 1.82) is 0 Å². The summed E-state index contributed by atoms with van der Waals surface area (Å²) >= 11 is 14.2. The Morgan fingerprint density at radius 2 is 1.96 bits per heavy atom. The molecule has 3 rings (SSSR count). The predicted octanol–water partition coefficient (Wildman–Crippen LogP) is 3.90. The Morgan fingerprint density at radius 3 is 2.57 bits per heavy atom. The van der Waals surface area contributed by atoms with Crippen molar-refractivity contribution in [1.82, 2.24) is 10.3 Å². The van der Waals surface area contributed by atoms with E-state index < -0.39 is 6.10 Å². The van der Waals surface area contributed by atoms with Crippen LogP contribution in [0.5, 0.6) is 11.5 Å². The molecule has 0 bridgehead atoms. The van der Waals surface area contributed by atoms with Crippen LogP contribution in [0.1, 0.15) is 17.2 Å². The van der Waals surface area contributed by atoms with E-state index in [1.807, 2.05) is 6.07 Å². The quantitative estimate of drug-likeness (QED) is 0.651. The first-order valence-corrected chi connectivity index (χ1v) is 10.5. The van der Waals surface area contributed by atoms with Gasteiger partial charge in [-0.3, -0.25) is 15.1 Å². The lowest BCUT2D eigenvalue weighted by atomic mass is 10.0. The monoisotopic (exact) mass is 442 g/mol. The van der Waals surface area contributed by atoms with Gasteiger partial charge in [-0.15, -0.1) is 11.8 Å². The van der Waals surface area contributed by atoms with Crippen LogP contribution in [-0.2, 0) is 16.0 Å². The number of rotatable bonds is 7. The van der Waals surface area contributed by atoms with Gasteiger partial charge in [0.05, 0.1) is 24.3 Å². The summed E-state index contributed by atoms with van der Waals surface area (Å²) in [5, 5.41) is 3.96. The van der Waals surface area contributed by atoms with Crippen molar-refractivity contribution in [3.05, 3.63) is 51.8 Å². The summed E-state index contributed by atoms with van der Waals surface area (Å²) in [4.78, 5) is 16.6. The van der Waals surface area contributed by atoms with Crippen molar-refractivity contribution >= 4 is 40.9 Å². The molecule has 0 amide bonds. The highest BCUT2D eigenvalue weighted by Gasteiger charge is 2.28. The fourth-order valence-electron chi connectivity index (χ4n) is 2.87. The van der Waals surface area contributed by atoms with Crippen molar-refractivity contribution in [2.75, 3.05) is 25.8 Å². The molecule has 1 aromatic carbocycles. The lowest BCUT2D eigenvalue weighted by Gasteiger charge is -2.22. The molecule has 2 aromatic rings. The molecule has 0 unspecified atom stereocenters. The van der Waals surface area contributed by atoms with E-state index in [1.165, 1.54) is 12.4 Å².